The number of hydrogen-bond donors (Lipinski definition) is 1. The number of unbranched alkanes of at least 4 members (excludes halogenated alkanes) is 1. The average Bonchev–Trinajstić information content (AvgIpc) is 2.22. The summed E-state index contributed by atoms with van der Waals surface area (Å²) in [5, 5.41) is 3.48. The molecule has 0 saturated carbocycles. The van der Waals surface area contributed by atoms with Gasteiger partial charge in [0.25, 0.3) is 0 Å². The molecule has 0 aliphatic rings. The normalized spacial score (nSPS) is 13.8. The van der Waals surface area contributed by atoms with Crippen molar-refractivity contribution >= 4 is 0 Å². The van der Waals surface area contributed by atoms with Crippen LogP contribution in [0.15, 0.2) is 0 Å². The Kier molecular flexibility index (Phi) is 9.12. The highest BCUT2D eigenvalue weighted by Gasteiger charge is 2.19. The van der Waals surface area contributed by atoms with Crippen LogP contribution in [0, 0.1) is 5.92 Å². The smallest absolute Gasteiger partial charge is 0.0243 e. The third-order valence-corrected chi connectivity index (χ3v) is 3.05. The Morgan fingerprint density at radius 1 is 1.13 bits per heavy atom. The van der Waals surface area contributed by atoms with Gasteiger partial charge in [-0.2, -0.15) is 0 Å². The zero-order valence-electron chi connectivity index (χ0n) is 11.3. The van der Waals surface area contributed by atoms with Crippen LogP contribution in [0.5, 0.6) is 0 Å². The number of rotatable bonds is 9. The molecule has 0 aromatic rings. The zero-order chi connectivity index (χ0) is 11.7. The van der Waals surface area contributed by atoms with Crippen LogP contribution in [0.3, 0.4) is 0 Å². The van der Waals surface area contributed by atoms with Crippen molar-refractivity contribution in [3.8, 4) is 0 Å². The van der Waals surface area contributed by atoms with Gasteiger partial charge in [0.05, 0.1) is 0 Å². The van der Waals surface area contributed by atoms with E-state index in [1.807, 2.05) is 0 Å². The molecule has 0 radical (unpaired) electrons. The number of nitrogens with zero attached hydrogens (tertiary/aromatic N) is 1. The summed E-state index contributed by atoms with van der Waals surface area (Å²) in [6.07, 6.45) is 2.62. The Labute approximate surface area is 96.4 Å². The summed E-state index contributed by atoms with van der Waals surface area (Å²) in [4.78, 5) is 2.62. The van der Waals surface area contributed by atoms with Crippen molar-refractivity contribution in [3.63, 3.8) is 0 Å². The van der Waals surface area contributed by atoms with Crippen LogP contribution in [-0.2, 0) is 0 Å². The average molecular weight is 214 g/mol. The van der Waals surface area contributed by atoms with Crippen LogP contribution in [0.4, 0.5) is 0 Å². The Bertz CT molecular complexity index is 134. The van der Waals surface area contributed by atoms with Gasteiger partial charge in [-0.3, -0.25) is 4.90 Å². The Morgan fingerprint density at radius 3 is 2.20 bits per heavy atom. The van der Waals surface area contributed by atoms with Crippen molar-refractivity contribution in [2.45, 2.75) is 53.5 Å². The van der Waals surface area contributed by atoms with Gasteiger partial charge in [0, 0.05) is 12.6 Å². The SMILES string of the molecule is CCCCN(CC)C(CNCC)C(C)C. The standard InChI is InChI=1S/C13H30N2/c1-6-9-10-15(8-3)13(12(4)5)11-14-7-2/h12-14H,6-11H2,1-5H3. The van der Waals surface area contributed by atoms with E-state index in [0.717, 1.165) is 19.0 Å². The molecule has 92 valence electrons. The molecule has 0 spiro atoms. The van der Waals surface area contributed by atoms with E-state index < -0.39 is 0 Å². The lowest BCUT2D eigenvalue weighted by Crippen LogP contribution is -2.46. The first kappa shape index (κ1) is 14.9. The third kappa shape index (κ3) is 6.16. The molecule has 1 N–H and O–H groups in total. The van der Waals surface area contributed by atoms with Crippen molar-refractivity contribution in [2.24, 2.45) is 5.92 Å². The maximum Gasteiger partial charge on any atom is 0.0243 e. The predicted molar refractivity (Wildman–Crippen MR) is 69.3 cm³/mol. The zero-order valence-corrected chi connectivity index (χ0v) is 11.3. The van der Waals surface area contributed by atoms with Crippen molar-refractivity contribution < 1.29 is 0 Å². The van der Waals surface area contributed by atoms with Crippen LogP contribution in [0.2, 0.25) is 0 Å². The molecular formula is C13H30N2. The van der Waals surface area contributed by atoms with Crippen LogP contribution in [0.25, 0.3) is 0 Å². The molecule has 2 nitrogen and oxygen atoms in total. The van der Waals surface area contributed by atoms with Crippen molar-refractivity contribution in [3.05, 3.63) is 0 Å². The largest absolute Gasteiger partial charge is 0.315 e. The van der Waals surface area contributed by atoms with E-state index in [2.05, 4.69) is 44.8 Å². The molecule has 0 fully saturated rings. The molecule has 0 bridgehead atoms. The fraction of sp³-hybridized carbons (Fsp3) is 1.00. The molecule has 0 heterocycles. The Balaban J connectivity index is 4.13. The first-order valence-corrected chi connectivity index (χ1v) is 6.62. The van der Waals surface area contributed by atoms with Crippen LogP contribution in [0.1, 0.15) is 47.5 Å². The lowest BCUT2D eigenvalue weighted by molar-refractivity contribution is 0.157. The minimum absolute atomic E-state index is 0.696. The predicted octanol–water partition coefficient (Wildman–Crippen LogP) is 2.74. The van der Waals surface area contributed by atoms with Gasteiger partial charge in [-0.15, -0.1) is 0 Å². The fourth-order valence-electron chi connectivity index (χ4n) is 2.00. The van der Waals surface area contributed by atoms with E-state index >= 15 is 0 Å². The number of likely N-dealkylation sites (N-methyl/N-ethyl adjacent to an activating group) is 2. The number of hydrogen-bond acceptors (Lipinski definition) is 2. The van der Waals surface area contributed by atoms with Crippen molar-refractivity contribution in [1.29, 1.82) is 0 Å². The molecule has 0 amide bonds. The maximum atomic E-state index is 3.48. The summed E-state index contributed by atoms with van der Waals surface area (Å²) < 4.78 is 0. The highest BCUT2D eigenvalue weighted by molar-refractivity contribution is 4.76. The number of nitrogens with one attached hydrogen (secondary N) is 1. The fourth-order valence-corrected chi connectivity index (χ4v) is 2.00. The van der Waals surface area contributed by atoms with Gasteiger partial charge in [0.15, 0.2) is 0 Å². The summed E-state index contributed by atoms with van der Waals surface area (Å²) in [7, 11) is 0. The van der Waals surface area contributed by atoms with E-state index in [-0.39, 0.29) is 0 Å². The Morgan fingerprint density at radius 2 is 1.80 bits per heavy atom. The highest BCUT2D eigenvalue weighted by Crippen LogP contribution is 2.11. The molecule has 1 unspecified atom stereocenters. The molecule has 15 heavy (non-hydrogen) atoms. The molecule has 1 atom stereocenters. The van der Waals surface area contributed by atoms with E-state index in [1.165, 1.54) is 25.9 Å². The minimum Gasteiger partial charge on any atom is -0.315 e. The van der Waals surface area contributed by atoms with Gasteiger partial charge in [-0.05, 0) is 32.0 Å². The van der Waals surface area contributed by atoms with Gasteiger partial charge < -0.3 is 5.32 Å². The van der Waals surface area contributed by atoms with Gasteiger partial charge in [0.2, 0.25) is 0 Å². The third-order valence-electron chi connectivity index (χ3n) is 3.05. The monoisotopic (exact) mass is 214 g/mol. The van der Waals surface area contributed by atoms with E-state index in [9.17, 15) is 0 Å². The van der Waals surface area contributed by atoms with Crippen molar-refractivity contribution in [1.82, 2.24) is 10.2 Å². The highest BCUT2D eigenvalue weighted by atomic mass is 15.2. The summed E-state index contributed by atoms with van der Waals surface area (Å²) >= 11 is 0. The van der Waals surface area contributed by atoms with Gasteiger partial charge in [0.1, 0.15) is 0 Å². The second kappa shape index (κ2) is 9.17. The maximum absolute atomic E-state index is 3.48. The minimum atomic E-state index is 0.696. The van der Waals surface area contributed by atoms with Gasteiger partial charge in [-0.1, -0.05) is 41.0 Å². The quantitative estimate of drug-likeness (QED) is 0.635. The molecular weight excluding hydrogens is 184 g/mol. The van der Waals surface area contributed by atoms with Gasteiger partial charge in [-0.25, -0.2) is 0 Å². The van der Waals surface area contributed by atoms with E-state index in [4.69, 9.17) is 0 Å². The summed E-state index contributed by atoms with van der Waals surface area (Å²) in [5.41, 5.74) is 0. The lowest BCUT2D eigenvalue weighted by atomic mass is 10.0. The first-order chi connectivity index (χ1) is 7.17. The van der Waals surface area contributed by atoms with E-state index in [1.54, 1.807) is 0 Å². The topological polar surface area (TPSA) is 15.3 Å². The molecule has 0 aromatic heterocycles. The molecule has 0 rings (SSSR count). The Hall–Kier alpha value is -0.0800. The van der Waals surface area contributed by atoms with Crippen LogP contribution >= 0.6 is 0 Å². The second-order valence-corrected chi connectivity index (χ2v) is 4.60. The summed E-state index contributed by atoms with van der Waals surface area (Å²) in [6, 6.07) is 0.696. The second-order valence-electron chi connectivity index (χ2n) is 4.60. The van der Waals surface area contributed by atoms with E-state index in [0.29, 0.717) is 6.04 Å². The van der Waals surface area contributed by atoms with Crippen molar-refractivity contribution in [2.75, 3.05) is 26.2 Å². The van der Waals surface area contributed by atoms with Crippen LogP contribution in [-0.4, -0.2) is 37.1 Å². The van der Waals surface area contributed by atoms with Crippen LogP contribution < -0.4 is 5.32 Å². The van der Waals surface area contributed by atoms with Gasteiger partial charge >= 0.3 is 0 Å². The molecule has 0 aromatic carbocycles. The summed E-state index contributed by atoms with van der Waals surface area (Å²) in [6.45, 7) is 16.0. The summed E-state index contributed by atoms with van der Waals surface area (Å²) in [5.74, 6) is 0.737. The first-order valence-electron chi connectivity index (χ1n) is 6.62. The molecule has 0 saturated heterocycles. The molecule has 0 aliphatic carbocycles. The lowest BCUT2D eigenvalue weighted by Gasteiger charge is -2.33. The molecule has 0 aliphatic heterocycles. The molecule has 2 heteroatoms.